The third-order valence-electron chi connectivity index (χ3n) is 6.11. The van der Waals surface area contributed by atoms with E-state index in [9.17, 15) is 4.79 Å². The lowest BCUT2D eigenvalue weighted by atomic mass is 9.95. The molecule has 0 spiro atoms. The molecule has 0 radical (unpaired) electrons. The van der Waals surface area contributed by atoms with Crippen LogP contribution in [0.15, 0.2) is 48.7 Å². The number of ether oxygens (including phenoxy) is 2. The van der Waals surface area contributed by atoms with Crippen molar-refractivity contribution in [3.63, 3.8) is 0 Å². The molecule has 0 bridgehead atoms. The Morgan fingerprint density at radius 3 is 2.61 bits per heavy atom. The van der Waals surface area contributed by atoms with Crippen LogP contribution in [0.4, 0.5) is 4.79 Å². The second-order valence-corrected chi connectivity index (χ2v) is 11.3. The summed E-state index contributed by atoms with van der Waals surface area (Å²) < 4.78 is 13.6. The predicted molar refractivity (Wildman–Crippen MR) is 139 cm³/mol. The zero-order valence-corrected chi connectivity index (χ0v) is 21.5. The van der Waals surface area contributed by atoms with Crippen LogP contribution >= 0.6 is 0 Å². The van der Waals surface area contributed by atoms with Crippen molar-refractivity contribution in [1.82, 2.24) is 24.9 Å². The highest BCUT2D eigenvalue weighted by Gasteiger charge is 2.25. The zero-order valence-electron chi connectivity index (χ0n) is 21.5. The van der Waals surface area contributed by atoms with Crippen molar-refractivity contribution in [2.75, 3.05) is 13.2 Å². The van der Waals surface area contributed by atoms with Crippen LogP contribution in [0.25, 0.3) is 28.1 Å². The number of carbonyl (C=O) groups excluding carboxylic acids is 1. The average molecular weight is 488 g/mol. The fourth-order valence-corrected chi connectivity index (χ4v) is 4.05. The van der Waals surface area contributed by atoms with Gasteiger partial charge in [-0.3, -0.25) is 4.40 Å². The lowest BCUT2D eigenvalue weighted by Gasteiger charge is -2.26. The zero-order chi connectivity index (χ0) is 25.5. The average Bonchev–Trinajstić information content (AvgIpc) is 3.59. The third kappa shape index (κ3) is 5.42. The van der Waals surface area contributed by atoms with Crippen molar-refractivity contribution in [2.24, 2.45) is 5.41 Å². The Morgan fingerprint density at radius 2 is 1.86 bits per heavy atom. The first-order valence-corrected chi connectivity index (χ1v) is 12.4. The number of carbonyl (C=O) groups is 1. The van der Waals surface area contributed by atoms with Crippen LogP contribution in [0, 0.1) is 5.41 Å². The smallest absolute Gasteiger partial charge is 0.407 e. The molecular weight excluding hydrogens is 454 g/mol. The van der Waals surface area contributed by atoms with Gasteiger partial charge in [0.2, 0.25) is 0 Å². The van der Waals surface area contributed by atoms with Gasteiger partial charge in [-0.05, 0) is 63.3 Å². The molecule has 5 rings (SSSR count). The number of hydrogen-bond donors (Lipinski definition) is 1. The lowest BCUT2D eigenvalue weighted by molar-refractivity contribution is 0.0493. The largest absolute Gasteiger partial charge is 0.491 e. The topological polar surface area (TPSA) is 90.6 Å². The molecule has 0 atom stereocenters. The molecule has 1 amide bonds. The van der Waals surface area contributed by atoms with E-state index in [1.54, 1.807) is 0 Å². The van der Waals surface area contributed by atoms with E-state index in [0.717, 1.165) is 22.2 Å². The predicted octanol–water partition coefficient (Wildman–Crippen LogP) is 5.75. The highest BCUT2D eigenvalue weighted by atomic mass is 16.6. The summed E-state index contributed by atoms with van der Waals surface area (Å²) in [5.41, 5.74) is 2.77. The standard InChI is InChI=1S/C28H33N5O3/c1-27(2,3)36-26(34)29-16-28(4,5)17-35-22-8-6-7-19-11-13-21(30-24(19)22)25-32-31-23-14-12-20(15-33(23)25)18-9-10-18/h6-8,11-15,18H,9-10,16-17H2,1-5H3,(H,29,34). The van der Waals surface area contributed by atoms with Crippen LogP contribution in [-0.4, -0.2) is 44.4 Å². The third-order valence-corrected chi connectivity index (χ3v) is 6.11. The fraction of sp³-hybridized carbons (Fsp3) is 0.429. The molecule has 188 valence electrons. The van der Waals surface area contributed by atoms with Crippen LogP contribution in [0.3, 0.4) is 0 Å². The van der Waals surface area contributed by atoms with Crippen LogP contribution in [0.2, 0.25) is 0 Å². The van der Waals surface area contributed by atoms with Crippen molar-refractivity contribution >= 4 is 22.6 Å². The Balaban J connectivity index is 1.36. The maximum absolute atomic E-state index is 12.1. The Morgan fingerprint density at radius 1 is 1.06 bits per heavy atom. The van der Waals surface area contributed by atoms with E-state index in [1.165, 1.54) is 18.4 Å². The van der Waals surface area contributed by atoms with Gasteiger partial charge in [0, 0.05) is 23.5 Å². The first-order valence-electron chi connectivity index (χ1n) is 12.4. The van der Waals surface area contributed by atoms with Crippen molar-refractivity contribution in [3.05, 3.63) is 54.2 Å². The highest BCUT2D eigenvalue weighted by molar-refractivity contribution is 5.86. The number of amides is 1. The minimum absolute atomic E-state index is 0.320. The minimum atomic E-state index is -0.535. The molecule has 1 aliphatic rings. The van der Waals surface area contributed by atoms with Gasteiger partial charge in [0.15, 0.2) is 11.5 Å². The number of aromatic nitrogens is 4. The van der Waals surface area contributed by atoms with Crippen LogP contribution in [-0.2, 0) is 4.74 Å². The molecule has 1 saturated carbocycles. The second-order valence-electron chi connectivity index (χ2n) is 11.3. The van der Waals surface area contributed by atoms with Gasteiger partial charge in [-0.1, -0.05) is 38.1 Å². The summed E-state index contributed by atoms with van der Waals surface area (Å²) in [6.07, 6.45) is 4.18. The summed E-state index contributed by atoms with van der Waals surface area (Å²) in [5, 5.41) is 12.6. The molecule has 36 heavy (non-hydrogen) atoms. The number of pyridine rings is 2. The van der Waals surface area contributed by atoms with Crippen LogP contribution in [0.1, 0.15) is 58.9 Å². The normalized spacial score (nSPS) is 14.2. The molecule has 8 nitrogen and oxygen atoms in total. The number of benzene rings is 1. The SMILES string of the molecule is CC(C)(CNC(=O)OC(C)(C)C)COc1cccc2ccc(-c3nnc4ccc(C5CC5)cn34)nc12. The monoisotopic (exact) mass is 487 g/mol. The van der Waals surface area contributed by atoms with Gasteiger partial charge in [0.25, 0.3) is 0 Å². The molecule has 1 fully saturated rings. The number of rotatable bonds is 7. The molecule has 3 aromatic heterocycles. The minimum Gasteiger partial charge on any atom is -0.491 e. The number of nitrogens with one attached hydrogen (secondary N) is 1. The van der Waals surface area contributed by atoms with E-state index in [-0.39, 0.29) is 5.41 Å². The van der Waals surface area contributed by atoms with Gasteiger partial charge >= 0.3 is 6.09 Å². The lowest BCUT2D eigenvalue weighted by Crippen LogP contribution is -2.40. The molecule has 1 aromatic carbocycles. The summed E-state index contributed by atoms with van der Waals surface area (Å²) >= 11 is 0. The maximum Gasteiger partial charge on any atom is 0.407 e. The van der Waals surface area contributed by atoms with Gasteiger partial charge in [-0.25, -0.2) is 9.78 Å². The first kappa shape index (κ1) is 24.0. The highest BCUT2D eigenvalue weighted by Crippen LogP contribution is 2.40. The van der Waals surface area contributed by atoms with E-state index in [4.69, 9.17) is 14.5 Å². The van der Waals surface area contributed by atoms with Gasteiger partial charge in [0.05, 0.1) is 6.61 Å². The molecule has 4 aromatic rings. The van der Waals surface area contributed by atoms with Crippen molar-refractivity contribution in [1.29, 1.82) is 0 Å². The second kappa shape index (κ2) is 9.08. The fourth-order valence-electron chi connectivity index (χ4n) is 4.05. The van der Waals surface area contributed by atoms with Gasteiger partial charge in [-0.15, -0.1) is 10.2 Å². The number of hydrogen-bond acceptors (Lipinski definition) is 6. The van der Waals surface area contributed by atoms with E-state index in [1.807, 2.05) is 75.4 Å². The Labute approximate surface area is 211 Å². The summed E-state index contributed by atoms with van der Waals surface area (Å²) in [7, 11) is 0. The van der Waals surface area contributed by atoms with Crippen LogP contribution in [0.5, 0.6) is 5.75 Å². The quantitative estimate of drug-likeness (QED) is 0.357. The molecule has 8 heteroatoms. The van der Waals surface area contributed by atoms with Gasteiger partial charge in [0.1, 0.15) is 22.6 Å². The first-order chi connectivity index (χ1) is 17.1. The van der Waals surface area contributed by atoms with E-state index in [0.29, 0.717) is 30.6 Å². The van der Waals surface area contributed by atoms with E-state index in [2.05, 4.69) is 27.8 Å². The summed E-state index contributed by atoms with van der Waals surface area (Å²) in [5.74, 6) is 2.04. The summed E-state index contributed by atoms with van der Waals surface area (Å²) in [4.78, 5) is 17.0. The van der Waals surface area contributed by atoms with E-state index >= 15 is 0 Å². The maximum atomic E-state index is 12.1. The van der Waals surface area contributed by atoms with Crippen molar-refractivity contribution in [2.45, 2.75) is 59.0 Å². The Hall–Kier alpha value is -3.68. The van der Waals surface area contributed by atoms with Gasteiger partial charge in [-0.2, -0.15) is 0 Å². The number of para-hydroxylation sites is 1. The summed E-state index contributed by atoms with van der Waals surface area (Å²) in [6.45, 7) is 10.4. The molecule has 3 heterocycles. The molecule has 0 aliphatic heterocycles. The Kier molecular flexibility index (Phi) is 6.06. The van der Waals surface area contributed by atoms with Gasteiger partial charge < -0.3 is 14.8 Å². The van der Waals surface area contributed by atoms with Crippen LogP contribution < -0.4 is 10.1 Å². The number of alkyl carbamates (subject to hydrolysis) is 1. The Bertz CT molecular complexity index is 1420. The molecule has 1 aliphatic carbocycles. The molecular formula is C28H33N5O3. The van der Waals surface area contributed by atoms with E-state index < -0.39 is 11.7 Å². The molecule has 1 N–H and O–H groups in total. The molecule has 0 saturated heterocycles. The van der Waals surface area contributed by atoms with Crippen molar-refractivity contribution < 1.29 is 14.3 Å². The summed E-state index contributed by atoms with van der Waals surface area (Å²) in [6, 6.07) is 14.1. The van der Waals surface area contributed by atoms with Crippen molar-refractivity contribution in [3.8, 4) is 17.3 Å². The number of fused-ring (bicyclic) bond motifs is 2. The number of nitrogens with zero attached hydrogens (tertiary/aromatic N) is 4. The molecule has 0 unspecified atom stereocenters.